The van der Waals surface area contributed by atoms with E-state index in [1.54, 1.807) is 0 Å². The van der Waals surface area contributed by atoms with Crippen LogP contribution in [0, 0.1) is 0 Å². The largest absolute Gasteiger partial charge is 0.462 e. The molecule has 0 aromatic carbocycles. The number of carbonyl (C=O) groups excluding carboxylic acids is 2. The molecule has 0 radical (unpaired) electrons. The molecule has 0 amide bonds. The number of esters is 2. The van der Waals surface area contributed by atoms with E-state index in [-0.39, 0.29) is 25.2 Å². The van der Waals surface area contributed by atoms with Gasteiger partial charge in [0.25, 0.3) is 0 Å². The van der Waals surface area contributed by atoms with Crippen molar-refractivity contribution in [1.82, 2.24) is 0 Å². The molecule has 70 heavy (non-hydrogen) atoms. The molecule has 0 bridgehead atoms. The third kappa shape index (κ3) is 57.7. The topological polar surface area (TPSA) is 61.8 Å². The van der Waals surface area contributed by atoms with Gasteiger partial charge in [-0.15, -0.1) is 0 Å². The van der Waals surface area contributed by atoms with Gasteiger partial charge < -0.3 is 14.2 Å². The molecular weight excluding hydrogens is 861 g/mol. The van der Waals surface area contributed by atoms with Gasteiger partial charge in [-0.2, -0.15) is 0 Å². The van der Waals surface area contributed by atoms with E-state index in [1.807, 2.05) is 0 Å². The number of rotatable bonds is 55. The monoisotopic (exact) mass is 975 g/mol. The zero-order chi connectivity index (χ0) is 50.6. The molecule has 0 N–H and O–H groups in total. The van der Waals surface area contributed by atoms with Gasteiger partial charge in [0.15, 0.2) is 6.10 Å². The summed E-state index contributed by atoms with van der Waals surface area (Å²) in [5.41, 5.74) is 0. The molecule has 0 fully saturated rings. The second-order valence-corrected chi connectivity index (χ2v) is 19.9. The third-order valence-corrected chi connectivity index (χ3v) is 12.9. The number of hydrogen-bond donors (Lipinski definition) is 0. The van der Waals surface area contributed by atoms with Gasteiger partial charge in [0.2, 0.25) is 0 Å². The molecule has 5 nitrogen and oxygen atoms in total. The second kappa shape index (κ2) is 60.4. The van der Waals surface area contributed by atoms with E-state index >= 15 is 0 Å². The van der Waals surface area contributed by atoms with E-state index in [0.717, 1.165) is 77.0 Å². The summed E-state index contributed by atoms with van der Waals surface area (Å²) in [6.45, 7) is 7.53. The highest BCUT2D eigenvalue weighted by Gasteiger charge is 2.17. The lowest BCUT2D eigenvalue weighted by Crippen LogP contribution is -2.30. The Hall–Kier alpha value is -2.92. The molecule has 0 saturated heterocycles. The summed E-state index contributed by atoms with van der Waals surface area (Å²) in [4.78, 5) is 25.6. The van der Waals surface area contributed by atoms with Gasteiger partial charge in [-0.3, -0.25) is 9.59 Å². The molecule has 0 aromatic heterocycles. The summed E-state index contributed by atoms with van der Waals surface area (Å²) in [5.74, 6) is -0.435. The maximum Gasteiger partial charge on any atom is 0.306 e. The lowest BCUT2D eigenvalue weighted by Gasteiger charge is -2.18. The van der Waals surface area contributed by atoms with Gasteiger partial charge >= 0.3 is 11.9 Å². The fraction of sp³-hybridized carbons (Fsp3) is 0.754. The highest BCUT2D eigenvalue weighted by molar-refractivity contribution is 5.70. The molecule has 1 unspecified atom stereocenters. The summed E-state index contributed by atoms with van der Waals surface area (Å²) in [7, 11) is 0. The Kier molecular flexibility index (Phi) is 57.9. The van der Waals surface area contributed by atoms with Gasteiger partial charge in [0, 0.05) is 12.8 Å². The predicted octanol–water partition coefficient (Wildman–Crippen LogP) is 20.8. The Morgan fingerprint density at radius 2 is 0.643 bits per heavy atom. The van der Waals surface area contributed by atoms with E-state index in [2.05, 4.69) is 106 Å². The summed E-state index contributed by atoms with van der Waals surface area (Å²) >= 11 is 0. The van der Waals surface area contributed by atoms with Crippen LogP contribution < -0.4 is 0 Å². The first kappa shape index (κ1) is 67.1. The number of ether oxygens (including phenoxy) is 3. The van der Waals surface area contributed by atoms with E-state index in [9.17, 15) is 9.59 Å². The van der Waals surface area contributed by atoms with Crippen molar-refractivity contribution in [2.45, 2.75) is 297 Å². The Balaban J connectivity index is 4.35. The van der Waals surface area contributed by atoms with Crippen molar-refractivity contribution in [2.75, 3.05) is 19.8 Å². The van der Waals surface area contributed by atoms with Crippen molar-refractivity contribution in [1.29, 1.82) is 0 Å². The minimum absolute atomic E-state index is 0.0522. The van der Waals surface area contributed by atoms with Crippen molar-refractivity contribution in [3.63, 3.8) is 0 Å². The standard InChI is InChI=1S/C65H114O5/c1-4-7-10-13-16-19-22-25-28-31-33-35-37-40-43-46-49-52-55-58-64(66)69-62-63(61-68-60-57-54-51-48-45-42-39-30-27-24-21-18-15-12-9-6-3)70-65(67)59-56-53-50-47-44-41-38-36-34-32-29-26-23-20-17-14-11-8-5-2/h9,12,18,21,25-30,42,45,51,54,63H,4-8,10-11,13-17,19-20,22-24,31-41,43-44,46-50,52-53,55-62H2,1-3H3/b12-9-,21-18-,28-25-,29-26-,30-27-,45-42-,54-51-. The zero-order valence-electron chi connectivity index (χ0n) is 46.5. The number of allylic oxidation sites excluding steroid dienone is 13. The average molecular weight is 976 g/mol. The predicted molar refractivity (Wildman–Crippen MR) is 307 cm³/mol. The second-order valence-electron chi connectivity index (χ2n) is 19.9. The molecule has 0 saturated carbocycles. The van der Waals surface area contributed by atoms with Gasteiger partial charge in [0.1, 0.15) is 6.61 Å². The first-order valence-electron chi connectivity index (χ1n) is 30.1. The van der Waals surface area contributed by atoms with Gasteiger partial charge in [0.05, 0.1) is 13.2 Å². The Labute approximate surface area is 435 Å². The zero-order valence-corrected chi connectivity index (χ0v) is 46.5. The quantitative estimate of drug-likeness (QED) is 0.0345. The fourth-order valence-electron chi connectivity index (χ4n) is 8.45. The smallest absolute Gasteiger partial charge is 0.306 e. The molecule has 5 heteroatoms. The molecule has 0 aliphatic rings. The highest BCUT2D eigenvalue weighted by Crippen LogP contribution is 2.15. The molecular formula is C65H114O5. The summed E-state index contributed by atoms with van der Waals surface area (Å²) < 4.78 is 17.4. The first-order valence-corrected chi connectivity index (χ1v) is 30.1. The molecule has 0 heterocycles. The molecule has 0 aliphatic carbocycles. The van der Waals surface area contributed by atoms with Crippen LogP contribution in [0.25, 0.3) is 0 Å². The molecule has 0 spiro atoms. The average Bonchev–Trinajstić information content (AvgIpc) is 3.36. The molecule has 0 aliphatic heterocycles. The van der Waals surface area contributed by atoms with Crippen molar-refractivity contribution >= 4 is 11.9 Å². The van der Waals surface area contributed by atoms with E-state index in [4.69, 9.17) is 14.2 Å². The third-order valence-electron chi connectivity index (χ3n) is 12.9. The molecule has 0 aromatic rings. The summed E-state index contributed by atoms with van der Waals surface area (Å²) in [6.07, 6.45) is 80.6. The van der Waals surface area contributed by atoms with Crippen LogP contribution in [0.3, 0.4) is 0 Å². The van der Waals surface area contributed by atoms with E-state index < -0.39 is 6.10 Å². The maximum absolute atomic E-state index is 12.9. The maximum atomic E-state index is 12.9. The normalized spacial score (nSPS) is 12.8. The minimum atomic E-state index is -0.582. The van der Waals surface area contributed by atoms with Crippen LogP contribution in [-0.2, 0) is 23.8 Å². The molecule has 0 rings (SSSR count). The number of hydrogen-bond acceptors (Lipinski definition) is 5. The van der Waals surface area contributed by atoms with Gasteiger partial charge in [-0.05, 0) is 103 Å². The van der Waals surface area contributed by atoms with Crippen molar-refractivity contribution < 1.29 is 23.8 Å². The summed E-state index contributed by atoms with van der Waals surface area (Å²) in [6, 6.07) is 0. The van der Waals surface area contributed by atoms with Gasteiger partial charge in [-0.1, -0.05) is 260 Å². The van der Waals surface area contributed by atoms with Crippen LogP contribution >= 0.6 is 0 Å². The first-order chi connectivity index (χ1) is 34.6. The molecule has 404 valence electrons. The Morgan fingerprint density at radius 1 is 0.329 bits per heavy atom. The minimum Gasteiger partial charge on any atom is -0.462 e. The summed E-state index contributed by atoms with van der Waals surface area (Å²) in [5, 5.41) is 0. The van der Waals surface area contributed by atoms with Crippen molar-refractivity contribution in [3.8, 4) is 0 Å². The van der Waals surface area contributed by atoms with Crippen LogP contribution in [0.4, 0.5) is 0 Å². The lowest BCUT2D eigenvalue weighted by molar-refractivity contribution is -0.162. The molecule has 1 atom stereocenters. The van der Waals surface area contributed by atoms with Crippen molar-refractivity contribution in [3.05, 3.63) is 85.1 Å². The number of carbonyl (C=O) groups is 2. The number of unbranched alkanes of at least 4 members (excludes halogenated alkanes) is 30. The van der Waals surface area contributed by atoms with Crippen LogP contribution in [0.5, 0.6) is 0 Å². The SMILES string of the molecule is CC/C=C\C/C=C\C/C=C\C/C=C\C/C=C\CCOCC(COC(=O)CCCCCCCCCCC/C=C\CCCCCCCC)OC(=O)CCCCCCCCCCC/C=C\CCCCCCCC. The van der Waals surface area contributed by atoms with Crippen LogP contribution in [-0.4, -0.2) is 37.9 Å². The van der Waals surface area contributed by atoms with Gasteiger partial charge in [-0.25, -0.2) is 0 Å². The fourth-order valence-corrected chi connectivity index (χ4v) is 8.45. The van der Waals surface area contributed by atoms with Crippen LogP contribution in [0.1, 0.15) is 290 Å². The van der Waals surface area contributed by atoms with Crippen LogP contribution in [0.15, 0.2) is 85.1 Å². The lowest BCUT2D eigenvalue weighted by atomic mass is 10.1. The van der Waals surface area contributed by atoms with Crippen LogP contribution in [0.2, 0.25) is 0 Å². The van der Waals surface area contributed by atoms with E-state index in [0.29, 0.717) is 19.4 Å². The Bertz CT molecular complexity index is 1290. The highest BCUT2D eigenvalue weighted by atomic mass is 16.6. The van der Waals surface area contributed by atoms with Crippen molar-refractivity contribution in [2.24, 2.45) is 0 Å². The van der Waals surface area contributed by atoms with E-state index in [1.165, 1.54) is 180 Å². The Morgan fingerprint density at radius 3 is 1.03 bits per heavy atom.